The van der Waals surface area contributed by atoms with E-state index in [2.05, 4.69) is 4.98 Å². The second-order valence-electron chi connectivity index (χ2n) is 7.65. The maximum atomic E-state index is 13.2. The van der Waals surface area contributed by atoms with Crippen LogP contribution in [0.15, 0.2) is 76.7 Å². The van der Waals surface area contributed by atoms with Crippen molar-refractivity contribution in [3.63, 3.8) is 0 Å². The summed E-state index contributed by atoms with van der Waals surface area (Å²) in [5.41, 5.74) is 0.346. The molecule has 2 heterocycles. The summed E-state index contributed by atoms with van der Waals surface area (Å²) in [6, 6.07) is 14.8. The van der Waals surface area contributed by atoms with Crippen LogP contribution >= 0.6 is 11.3 Å². The minimum atomic E-state index is -4.55. The minimum Gasteiger partial charge on any atom is -0.486 e. The van der Waals surface area contributed by atoms with Gasteiger partial charge in [-0.05, 0) is 48.0 Å². The predicted octanol–water partition coefficient (Wildman–Crippen LogP) is 5.67. The van der Waals surface area contributed by atoms with Crippen molar-refractivity contribution in [3.8, 4) is 5.75 Å². The molecule has 0 fully saturated rings. The van der Waals surface area contributed by atoms with E-state index < -0.39 is 17.6 Å². The summed E-state index contributed by atoms with van der Waals surface area (Å²) in [5, 5.41) is 11.6. The molecule has 1 N–H and O–H groups in total. The van der Waals surface area contributed by atoms with Gasteiger partial charge >= 0.3 is 6.18 Å². The molecule has 182 valence electrons. The lowest BCUT2D eigenvalue weighted by atomic mass is 10.1. The molecule has 0 radical (unpaired) electrons. The Balaban J connectivity index is 1.52. The van der Waals surface area contributed by atoms with Crippen LogP contribution in [0, 0.1) is 0 Å². The molecule has 0 bridgehead atoms. The first kappa shape index (κ1) is 24.5. The number of alkyl halides is 3. The predicted molar refractivity (Wildman–Crippen MR) is 123 cm³/mol. The van der Waals surface area contributed by atoms with Gasteiger partial charge in [-0.3, -0.25) is 4.79 Å². The van der Waals surface area contributed by atoms with Crippen molar-refractivity contribution in [3.05, 3.63) is 105 Å². The van der Waals surface area contributed by atoms with E-state index in [0.717, 1.165) is 17.7 Å². The number of aliphatic hydroxyl groups excluding tert-OH is 1. The highest BCUT2D eigenvalue weighted by atomic mass is 32.1. The lowest BCUT2D eigenvalue weighted by Gasteiger charge is -2.23. The summed E-state index contributed by atoms with van der Waals surface area (Å²) in [4.78, 5) is 18.9. The first-order chi connectivity index (χ1) is 16.8. The van der Waals surface area contributed by atoms with Gasteiger partial charge in [0.1, 0.15) is 23.1 Å². The average Bonchev–Trinajstić information content (AvgIpc) is 3.54. The van der Waals surface area contributed by atoms with E-state index in [4.69, 9.17) is 14.3 Å². The fourth-order valence-electron chi connectivity index (χ4n) is 3.39. The van der Waals surface area contributed by atoms with Gasteiger partial charge in [-0.1, -0.05) is 18.2 Å². The first-order valence-electron chi connectivity index (χ1n) is 10.6. The summed E-state index contributed by atoms with van der Waals surface area (Å²) in [6.07, 6.45) is -3.08. The van der Waals surface area contributed by atoms with Gasteiger partial charge in [0.2, 0.25) is 0 Å². The molecule has 35 heavy (non-hydrogen) atoms. The number of carbonyl (C=O) groups excluding carboxylic acids is 1. The van der Waals surface area contributed by atoms with Crippen LogP contribution in [-0.2, 0) is 32.5 Å². The van der Waals surface area contributed by atoms with Crippen molar-refractivity contribution >= 4 is 17.2 Å². The standard InChI is InChI=1S/C25H21F3N2O4S/c26-25(27,28)19-6-2-5-18(11-19)24(32)30(13-22-8-3-9-33-22)12-17-4-1-7-21(10-17)34-15-23-29-20(14-31)16-35-23/h1-11,16,31H,12-15H2. The normalized spacial score (nSPS) is 11.4. The maximum absolute atomic E-state index is 13.2. The molecule has 0 aliphatic heterocycles. The number of nitrogens with zero attached hydrogens (tertiary/aromatic N) is 2. The van der Waals surface area contributed by atoms with Crippen molar-refractivity contribution in [2.24, 2.45) is 0 Å². The molecule has 1 amide bonds. The van der Waals surface area contributed by atoms with Gasteiger partial charge in [0.05, 0.1) is 30.7 Å². The number of thiazole rings is 1. The van der Waals surface area contributed by atoms with Gasteiger partial charge in [0.25, 0.3) is 5.91 Å². The number of amides is 1. The Morgan fingerprint density at radius 2 is 1.91 bits per heavy atom. The quantitative estimate of drug-likeness (QED) is 0.319. The average molecular weight is 503 g/mol. The smallest absolute Gasteiger partial charge is 0.416 e. The van der Waals surface area contributed by atoms with Crippen LogP contribution in [0.3, 0.4) is 0 Å². The van der Waals surface area contributed by atoms with Crippen LogP contribution in [0.25, 0.3) is 0 Å². The molecule has 0 atom stereocenters. The lowest BCUT2D eigenvalue weighted by Crippen LogP contribution is -2.30. The van der Waals surface area contributed by atoms with Gasteiger partial charge in [-0.25, -0.2) is 4.98 Å². The van der Waals surface area contributed by atoms with Crippen molar-refractivity contribution < 1.29 is 32.2 Å². The highest BCUT2D eigenvalue weighted by Gasteiger charge is 2.31. The summed E-state index contributed by atoms with van der Waals surface area (Å²) in [6.45, 7) is 0.278. The number of hydrogen-bond donors (Lipinski definition) is 1. The van der Waals surface area contributed by atoms with Gasteiger partial charge < -0.3 is 19.2 Å². The fraction of sp³-hybridized carbons (Fsp3) is 0.200. The third kappa shape index (κ3) is 6.49. The number of aliphatic hydroxyl groups is 1. The minimum absolute atomic E-state index is 0.0674. The van der Waals surface area contributed by atoms with Crippen LogP contribution in [0.1, 0.15) is 37.9 Å². The summed E-state index contributed by atoms with van der Waals surface area (Å²) < 4.78 is 50.7. The first-order valence-corrected chi connectivity index (χ1v) is 11.4. The van der Waals surface area contributed by atoms with E-state index >= 15 is 0 Å². The van der Waals surface area contributed by atoms with E-state index in [1.165, 1.54) is 34.6 Å². The molecule has 10 heteroatoms. The Hall–Kier alpha value is -3.63. The Bertz CT molecular complexity index is 1270. The molecule has 0 spiro atoms. The zero-order valence-electron chi connectivity index (χ0n) is 18.4. The zero-order chi connectivity index (χ0) is 24.8. The molecular formula is C25H21F3N2O4S. The monoisotopic (exact) mass is 502 g/mol. The zero-order valence-corrected chi connectivity index (χ0v) is 19.2. The highest BCUT2D eigenvalue weighted by molar-refractivity contribution is 7.09. The summed E-state index contributed by atoms with van der Waals surface area (Å²) in [7, 11) is 0. The molecule has 0 aliphatic rings. The lowest BCUT2D eigenvalue weighted by molar-refractivity contribution is -0.137. The van der Waals surface area contributed by atoms with E-state index in [0.29, 0.717) is 22.2 Å². The molecular weight excluding hydrogens is 481 g/mol. The van der Waals surface area contributed by atoms with Crippen LogP contribution in [0.4, 0.5) is 13.2 Å². The third-order valence-electron chi connectivity index (χ3n) is 5.05. The van der Waals surface area contributed by atoms with Crippen molar-refractivity contribution in [1.82, 2.24) is 9.88 Å². The molecule has 2 aromatic carbocycles. The number of carbonyl (C=O) groups is 1. The third-order valence-corrected chi connectivity index (χ3v) is 5.92. The van der Waals surface area contributed by atoms with Crippen molar-refractivity contribution in [2.45, 2.75) is 32.5 Å². The Labute approximate surface area is 203 Å². The number of ether oxygens (including phenoxy) is 1. The van der Waals surface area contributed by atoms with Gasteiger partial charge in [0, 0.05) is 17.5 Å². The number of hydrogen-bond acceptors (Lipinski definition) is 6. The highest BCUT2D eigenvalue weighted by Crippen LogP contribution is 2.30. The fourth-order valence-corrected chi connectivity index (χ4v) is 4.08. The molecule has 0 aliphatic carbocycles. The number of aromatic nitrogens is 1. The van der Waals surface area contributed by atoms with Gasteiger partial charge in [0.15, 0.2) is 0 Å². The van der Waals surface area contributed by atoms with Crippen LogP contribution in [0.5, 0.6) is 5.75 Å². The van der Waals surface area contributed by atoms with Crippen LogP contribution in [-0.4, -0.2) is 20.9 Å². The number of halogens is 3. The molecule has 0 unspecified atom stereocenters. The van der Waals surface area contributed by atoms with Crippen LogP contribution in [0.2, 0.25) is 0 Å². The second-order valence-corrected chi connectivity index (χ2v) is 8.59. The number of furan rings is 1. The Kier molecular flexibility index (Phi) is 7.52. The van der Waals surface area contributed by atoms with Crippen molar-refractivity contribution in [1.29, 1.82) is 0 Å². The molecule has 4 rings (SSSR count). The largest absolute Gasteiger partial charge is 0.486 e. The molecule has 6 nitrogen and oxygen atoms in total. The second kappa shape index (κ2) is 10.7. The van der Waals surface area contributed by atoms with E-state index in [1.807, 2.05) is 0 Å². The summed E-state index contributed by atoms with van der Waals surface area (Å²) >= 11 is 1.38. The van der Waals surface area contributed by atoms with Crippen molar-refractivity contribution in [2.75, 3.05) is 0 Å². The van der Waals surface area contributed by atoms with Gasteiger partial charge in [-0.15, -0.1) is 11.3 Å². The molecule has 4 aromatic rings. The molecule has 0 saturated heterocycles. The Morgan fingerprint density at radius 3 is 2.63 bits per heavy atom. The van der Waals surface area contributed by atoms with Gasteiger partial charge in [-0.2, -0.15) is 13.2 Å². The van der Waals surface area contributed by atoms with E-state index in [9.17, 15) is 18.0 Å². The summed E-state index contributed by atoms with van der Waals surface area (Å²) in [5.74, 6) is 0.493. The molecule has 0 saturated carbocycles. The number of benzene rings is 2. The number of rotatable bonds is 9. The topological polar surface area (TPSA) is 75.8 Å². The van der Waals surface area contributed by atoms with E-state index in [1.54, 1.807) is 41.8 Å². The Morgan fingerprint density at radius 1 is 1.09 bits per heavy atom. The van der Waals surface area contributed by atoms with Crippen LogP contribution < -0.4 is 4.74 Å². The maximum Gasteiger partial charge on any atom is 0.416 e. The SMILES string of the molecule is O=C(c1cccc(C(F)(F)F)c1)N(Cc1cccc(OCc2nc(CO)cs2)c1)Cc1ccco1. The molecule has 2 aromatic heterocycles. The van der Waals surface area contributed by atoms with E-state index in [-0.39, 0.29) is 31.9 Å².